The number of ether oxygens (including phenoxy) is 1. The maximum Gasteiger partial charge on any atom is 0.162 e. The second-order valence-corrected chi connectivity index (χ2v) is 3.28. The maximum absolute atomic E-state index is 5.60. The van der Waals surface area contributed by atoms with E-state index in [0.717, 1.165) is 30.0 Å². The molecule has 0 N–H and O–H groups in total. The Bertz CT molecular complexity index is 382. The lowest BCUT2D eigenvalue weighted by Crippen LogP contribution is -2.02. The van der Waals surface area contributed by atoms with Crippen molar-refractivity contribution in [3.05, 3.63) is 42.2 Å². The summed E-state index contributed by atoms with van der Waals surface area (Å²) in [7, 11) is 0. The Labute approximate surface area is 89.5 Å². The summed E-state index contributed by atoms with van der Waals surface area (Å²) >= 11 is 0. The molecule has 0 amide bonds. The molecule has 1 aliphatic rings. The minimum absolute atomic E-state index is 0.694. The first-order valence-corrected chi connectivity index (χ1v) is 5.21. The van der Waals surface area contributed by atoms with E-state index in [1.807, 2.05) is 19.1 Å². The van der Waals surface area contributed by atoms with Crippen LogP contribution in [0.4, 0.5) is 0 Å². The Morgan fingerprint density at radius 1 is 1.33 bits per heavy atom. The molecule has 1 heterocycles. The van der Waals surface area contributed by atoms with E-state index in [1.54, 1.807) is 12.4 Å². The summed E-state index contributed by atoms with van der Waals surface area (Å²) in [6, 6.07) is 1.82. The van der Waals surface area contributed by atoms with Crippen LogP contribution in [0.1, 0.15) is 25.6 Å². The first-order valence-electron chi connectivity index (χ1n) is 5.21. The Hall–Kier alpha value is -1.64. The summed E-state index contributed by atoms with van der Waals surface area (Å²) in [5.74, 6) is 1.75. The van der Waals surface area contributed by atoms with E-state index in [1.165, 1.54) is 0 Å². The molecule has 0 aromatic carbocycles. The quantitative estimate of drug-likeness (QED) is 0.755. The molecule has 0 radical (unpaired) electrons. The highest BCUT2D eigenvalue weighted by atomic mass is 16.5. The van der Waals surface area contributed by atoms with E-state index in [4.69, 9.17) is 4.74 Å². The number of nitrogens with zero attached hydrogens (tertiary/aromatic N) is 2. The highest BCUT2D eigenvalue weighted by Crippen LogP contribution is 2.25. The van der Waals surface area contributed by atoms with Gasteiger partial charge in [0.15, 0.2) is 5.82 Å². The first-order chi connectivity index (χ1) is 7.42. The summed E-state index contributed by atoms with van der Waals surface area (Å²) in [4.78, 5) is 8.47. The van der Waals surface area contributed by atoms with Crippen molar-refractivity contribution >= 4 is 5.57 Å². The summed E-state index contributed by atoms with van der Waals surface area (Å²) < 4.78 is 5.60. The van der Waals surface area contributed by atoms with Crippen molar-refractivity contribution in [1.29, 1.82) is 0 Å². The fraction of sp³-hybridized carbons (Fsp3) is 0.333. The van der Waals surface area contributed by atoms with Crippen molar-refractivity contribution in [3.8, 4) is 0 Å². The molecule has 0 spiro atoms. The fourth-order valence-electron chi connectivity index (χ4n) is 1.60. The largest absolute Gasteiger partial charge is 0.497 e. The molecule has 0 atom stereocenters. The highest BCUT2D eigenvalue weighted by Gasteiger charge is 2.12. The van der Waals surface area contributed by atoms with Gasteiger partial charge in [-0.25, -0.2) is 9.97 Å². The summed E-state index contributed by atoms with van der Waals surface area (Å²) in [5.41, 5.74) is 1.02. The Morgan fingerprint density at radius 3 is 2.87 bits per heavy atom. The highest BCUT2D eigenvalue weighted by molar-refractivity contribution is 5.72. The number of hydrogen-bond acceptors (Lipinski definition) is 3. The Morgan fingerprint density at radius 2 is 2.13 bits per heavy atom. The van der Waals surface area contributed by atoms with Gasteiger partial charge < -0.3 is 4.74 Å². The SMILES string of the molecule is CCOC1=C(c2ncccn2)C=CCC1. The molecule has 78 valence electrons. The molecule has 3 heteroatoms. The molecule has 3 nitrogen and oxygen atoms in total. The van der Waals surface area contributed by atoms with Crippen molar-refractivity contribution in [2.24, 2.45) is 0 Å². The van der Waals surface area contributed by atoms with Gasteiger partial charge in [-0.3, -0.25) is 0 Å². The van der Waals surface area contributed by atoms with Gasteiger partial charge in [-0.2, -0.15) is 0 Å². The van der Waals surface area contributed by atoms with Crippen molar-refractivity contribution in [3.63, 3.8) is 0 Å². The molecule has 0 unspecified atom stereocenters. The third-order valence-corrected chi connectivity index (χ3v) is 2.25. The molecular weight excluding hydrogens is 188 g/mol. The number of allylic oxidation sites excluding steroid dienone is 4. The predicted octanol–water partition coefficient (Wildman–Crippen LogP) is 2.57. The average molecular weight is 202 g/mol. The maximum atomic E-state index is 5.60. The molecule has 2 rings (SSSR count). The van der Waals surface area contributed by atoms with Gasteiger partial charge in [0.2, 0.25) is 0 Å². The van der Waals surface area contributed by atoms with Crippen molar-refractivity contribution < 1.29 is 4.74 Å². The van der Waals surface area contributed by atoms with E-state index in [0.29, 0.717) is 6.61 Å². The normalized spacial score (nSPS) is 15.5. The van der Waals surface area contributed by atoms with Crippen LogP contribution in [0, 0.1) is 0 Å². The zero-order chi connectivity index (χ0) is 10.5. The van der Waals surface area contributed by atoms with E-state index < -0.39 is 0 Å². The molecule has 15 heavy (non-hydrogen) atoms. The topological polar surface area (TPSA) is 35.0 Å². The summed E-state index contributed by atoms with van der Waals surface area (Å²) in [6.45, 7) is 2.69. The van der Waals surface area contributed by atoms with Crippen LogP contribution in [0.15, 0.2) is 36.4 Å². The number of aromatic nitrogens is 2. The number of hydrogen-bond donors (Lipinski definition) is 0. The van der Waals surface area contributed by atoms with Crippen LogP contribution >= 0.6 is 0 Å². The molecule has 1 aliphatic carbocycles. The van der Waals surface area contributed by atoms with Crippen LogP contribution in [0.5, 0.6) is 0 Å². The summed E-state index contributed by atoms with van der Waals surface area (Å²) in [6.07, 6.45) is 9.66. The van der Waals surface area contributed by atoms with Gasteiger partial charge in [-0.15, -0.1) is 0 Å². The molecule has 0 bridgehead atoms. The van der Waals surface area contributed by atoms with Gasteiger partial charge >= 0.3 is 0 Å². The van der Waals surface area contributed by atoms with Crippen LogP contribution in [0.2, 0.25) is 0 Å². The van der Waals surface area contributed by atoms with Crippen LogP contribution in [0.3, 0.4) is 0 Å². The Balaban J connectivity index is 2.35. The van der Waals surface area contributed by atoms with Crippen LogP contribution < -0.4 is 0 Å². The van der Waals surface area contributed by atoms with E-state index in [2.05, 4.69) is 16.0 Å². The lowest BCUT2D eigenvalue weighted by molar-refractivity contribution is 0.220. The molecule has 1 aromatic heterocycles. The minimum atomic E-state index is 0.694. The van der Waals surface area contributed by atoms with Crippen LogP contribution in [0.25, 0.3) is 5.57 Å². The van der Waals surface area contributed by atoms with Crippen molar-refractivity contribution in [2.75, 3.05) is 6.61 Å². The number of rotatable bonds is 3. The third kappa shape index (κ3) is 2.24. The van der Waals surface area contributed by atoms with Gasteiger partial charge in [0.1, 0.15) is 5.76 Å². The first kappa shape index (κ1) is 9.90. The van der Waals surface area contributed by atoms with Gasteiger partial charge in [0.05, 0.1) is 12.2 Å². The summed E-state index contributed by atoms with van der Waals surface area (Å²) in [5, 5.41) is 0. The third-order valence-electron chi connectivity index (χ3n) is 2.25. The van der Waals surface area contributed by atoms with Gasteiger partial charge in [-0.1, -0.05) is 12.2 Å². The minimum Gasteiger partial charge on any atom is -0.497 e. The molecule has 0 aliphatic heterocycles. The predicted molar refractivity (Wildman–Crippen MR) is 59.0 cm³/mol. The van der Waals surface area contributed by atoms with Crippen molar-refractivity contribution in [1.82, 2.24) is 9.97 Å². The second-order valence-electron chi connectivity index (χ2n) is 3.28. The lowest BCUT2D eigenvalue weighted by Gasteiger charge is -2.14. The van der Waals surface area contributed by atoms with Crippen LogP contribution in [-0.4, -0.2) is 16.6 Å². The van der Waals surface area contributed by atoms with Gasteiger partial charge in [0, 0.05) is 18.8 Å². The zero-order valence-corrected chi connectivity index (χ0v) is 8.81. The fourth-order valence-corrected chi connectivity index (χ4v) is 1.60. The monoisotopic (exact) mass is 202 g/mol. The average Bonchev–Trinajstić information content (AvgIpc) is 2.31. The van der Waals surface area contributed by atoms with Crippen LogP contribution in [-0.2, 0) is 4.74 Å². The van der Waals surface area contributed by atoms with Crippen molar-refractivity contribution in [2.45, 2.75) is 19.8 Å². The second kappa shape index (κ2) is 4.73. The van der Waals surface area contributed by atoms with Gasteiger partial charge in [-0.05, 0) is 19.4 Å². The van der Waals surface area contributed by atoms with E-state index >= 15 is 0 Å². The molecular formula is C12H14N2O. The standard InChI is InChI=1S/C12H14N2O/c1-2-15-11-7-4-3-6-10(11)12-13-8-5-9-14-12/h3,5-6,8-9H,2,4,7H2,1H3. The lowest BCUT2D eigenvalue weighted by atomic mass is 10.0. The van der Waals surface area contributed by atoms with E-state index in [9.17, 15) is 0 Å². The molecule has 0 saturated heterocycles. The van der Waals surface area contributed by atoms with Gasteiger partial charge in [0.25, 0.3) is 0 Å². The molecule has 1 aromatic rings. The zero-order valence-electron chi connectivity index (χ0n) is 8.81. The molecule has 0 fully saturated rings. The smallest absolute Gasteiger partial charge is 0.162 e. The Kier molecular flexibility index (Phi) is 3.12. The van der Waals surface area contributed by atoms with E-state index in [-0.39, 0.29) is 0 Å². The molecule has 0 saturated carbocycles.